The third-order valence-corrected chi connectivity index (χ3v) is 3.18. The van der Waals surface area contributed by atoms with Crippen LogP contribution in [0, 0.1) is 5.82 Å². The van der Waals surface area contributed by atoms with Crippen LogP contribution in [0.5, 0.6) is 0 Å². The molecule has 1 fully saturated rings. The number of ether oxygens (including phenoxy) is 1. The molecule has 1 aliphatic rings. The molecular formula is C14H18FNO3. The maximum absolute atomic E-state index is 13.5. The van der Waals surface area contributed by atoms with Gasteiger partial charge in [-0.25, -0.2) is 4.39 Å². The summed E-state index contributed by atoms with van der Waals surface area (Å²) in [6, 6.07) is 6.27. The second-order valence-electron chi connectivity index (χ2n) is 4.82. The Morgan fingerprint density at radius 2 is 2.21 bits per heavy atom. The van der Waals surface area contributed by atoms with Gasteiger partial charge in [0.05, 0.1) is 25.2 Å². The number of amides is 1. The van der Waals surface area contributed by atoms with Crippen LogP contribution in [0.4, 0.5) is 4.39 Å². The highest BCUT2D eigenvalue weighted by Gasteiger charge is 2.28. The van der Waals surface area contributed by atoms with E-state index in [0.717, 1.165) is 0 Å². The van der Waals surface area contributed by atoms with Gasteiger partial charge in [0.25, 0.3) is 0 Å². The molecule has 0 radical (unpaired) electrons. The fraction of sp³-hybridized carbons (Fsp3) is 0.500. The number of hydrogen-bond donors (Lipinski definition) is 1. The predicted octanol–water partition coefficient (Wildman–Crippen LogP) is 0.976. The fourth-order valence-electron chi connectivity index (χ4n) is 2.27. The van der Waals surface area contributed by atoms with Crippen LogP contribution in [0.1, 0.15) is 12.5 Å². The van der Waals surface area contributed by atoms with E-state index in [2.05, 4.69) is 0 Å². The van der Waals surface area contributed by atoms with Crippen molar-refractivity contribution in [2.75, 3.05) is 19.7 Å². The zero-order chi connectivity index (χ0) is 13.8. The summed E-state index contributed by atoms with van der Waals surface area (Å²) in [4.78, 5) is 13.8. The van der Waals surface area contributed by atoms with Crippen LogP contribution < -0.4 is 0 Å². The molecular weight excluding hydrogens is 249 g/mol. The van der Waals surface area contributed by atoms with Crippen molar-refractivity contribution in [1.82, 2.24) is 4.90 Å². The summed E-state index contributed by atoms with van der Waals surface area (Å²) in [6.45, 7) is 2.57. The summed E-state index contributed by atoms with van der Waals surface area (Å²) in [5.74, 6) is -0.505. The van der Waals surface area contributed by atoms with Gasteiger partial charge in [-0.05, 0) is 18.6 Å². The van der Waals surface area contributed by atoms with Crippen molar-refractivity contribution in [3.8, 4) is 0 Å². The van der Waals surface area contributed by atoms with Crippen molar-refractivity contribution < 1.29 is 19.0 Å². The zero-order valence-electron chi connectivity index (χ0n) is 10.9. The van der Waals surface area contributed by atoms with Crippen molar-refractivity contribution in [3.05, 3.63) is 35.6 Å². The number of hydrogen-bond acceptors (Lipinski definition) is 3. The lowest BCUT2D eigenvalue weighted by Gasteiger charge is -2.36. The number of carbonyl (C=O) groups is 1. The van der Waals surface area contributed by atoms with Crippen LogP contribution in [0.25, 0.3) is 0 Å². The number of rotatable bonds is 3. The van der Waals surface area contributed by atoms with Crippen molar-refractivity contribution in [2.24, 2.45) is 0 Å². The fourth-order valence-corrected chi connectivity index (χ4v) is 2.27. The summed E-state index contributed by atoms with van der Waals surface area (Å²) in [6.07, 6.45) is -0.429. The number of aliphatic hydroxyl groups excluding tert-OH is 1. The molecule has 1 amide bonds. The second kappa shape index (κ2) is 6.12. The van der Waals surface area contributed by atoms with Gasteiger partial charge in [-0.15, -0.1) is 0 Å². The molecule has 19 heavy (non-hydrogen) atoms. The van der Waals surface area contributed by atoms with Crippen molar-refractivity contribution in [2.45, 2.75) is 25.6 Å². The first-order valence-corrected chi connectivity index (χ1v) is 6.37. The van der Waals surface area contributed by atoms with Crippen molar-refractivity contribution in [1.29, 1.82) is 0 Å². The van der Waals surface area contributed by atoms with E-state index < -0.39 is 0 Å². The smallest absolute Gasteiger partial charge is 0.227 e. The van der Waals surface area contributed by atoms with E-state index in [0.29, 0.717) is 18.7 Å². The lowest BCUT2D eigenvalue weighted by atomic mass is 10.1. The molecule has 1 aromatic rings. The van der Waals surface area contributed by atoms with E-state index in [1.807, 2.05) is 6.92 Å². The monoisotopic (exact) mass is 267 g/mol. The third kappa shape index (κ3) is 3.52. The van der Waals surface area contributed by atoms with E-state index in [1.54, 1.807) is 23.1 Å². The quantitative estimate of drug-likeness (QED) is 0.888. The Bertz CT molecular complexity index is 452. The summed E-state index contributed by atoms with van der Waals surface area (Å²) >= 11 is 0. The number of halogens is 1. The number of carbonyl (C=O) groups excluding carboxylic acids is 1. The Labute approximate surface area is 111 Å². The van der Waals surface area contributed by atoms with Gasteiger partial charge >= 0.3 is 0 Å². The molecule has 1 saturated heterocycles. The highest BCUT2D eigenvalue weighted by Crippen LogP contribution is 2.14. The number of aliphatic hydroxyl groups is 1. The standard InChI is InChI=1S/C14H18FNO3/c1-10-7-16(8-12(9-17)19-10)14(18)6-11-4-2-3-5-13(11)15/h2-5,10,12,17H,6-9H2,1H3. The highest BCUT2D eigenvalue weighted by atomic mass is 19.1. The predicted molar refractivity (Wildman–Crippen MR) is 68.1 cm³/mol. The average molecular weight is 267 g/mol. The molecule has 0 bridgehead atoms. The SMILES string of the molecule is CC1CN(C(=O)Cc2ccccc2F)CC(CO)O1. The van der Waals surface area contributed by atoms with Gasteiger partial charge in [-0.2, -0.15) is 0 Å². The molecule has 1 aliphatic heterocycles. The maximum Gasteiger partial charge on any atom is 0.227 e. The van der Waals surface area contributed by atoms with Crippen LogP contribution in [-0.4, -0.2) is 47.8 Å². The Balaban J connectivity index is 2.01. The van der Waals surface area contributed by atoms with E-state index in [9.17, 15) is 9.18 Å². The van der Waals surface area contributed by atoms with Gasteiger partial charge in [0.1, 0.15) is 5.82 Å². The van der Waals surface area contributed by atoms with Crippen LogP contribution in [0.15, 0.2) is 24.3 Å². The summed E-state index contributed by atoms with van der Waals surface area (Å²) in [7, 11) is 0. The van der Waals surface area contributed by atoms with Crippen molar-refractivity contribution in [3.63, 3.8) is 0 Å². The van der Waals surface area contributed by atoms with E-state index in [-0.39, 0.29) is 37.0 Å². The first-order chi connectivity index (χ1) is 9.10. The summed E-state index contributed by atoms with van der Waals surface area (Å²) < 4.78 is 19.0. The van der Waals surface area contributed by atoms with Crippen molar-refractivity contribution >= 4 is 5.91 Å². The van der Waals surface area contributed by atoms with Crippen LogP contribution in [0.3, 0.4) is 0 Å². The molecule has 1 heterocycles. The Kier molecular flexibility index (Phi) is 4.50. The molecule has 0 spiro atoms. The minimum absolute atomic E-state index is 0.0392. The van der Waals surface area contributed by atoms with Gasteiger partial charge in [0.2, 0.25) is 5.91 Å². The van der Waals surface area contributed by atoms with E-state index in [1.165, 1.54) is 6.07 Å². The number of benzene rings is 1. The molecule has 2 atom stereocenters. The molecule has 0 aromatic heterocycles. The van der Waals surface area contributed by atoms with Gasteiger partial charge in [0, 0.05) is 13.1 Å². The molecule has 104 valence electrons. The lowest BCUT2D eigenvalue weighted by Crippen LogP contribution is -2.50. The van der Waals surface area contributed by atoms with Gasteiger partial charge in [-0.1, -0.05) is 18.2 Å². The van der Waals surface area contributed by atoms with Gasteiger partial charge in [-0.3, -0.25) is 4.79 Å². The van der Waals surface area contributed by atoms with Crippen LogP contribution in [-0.2, 0) is 16.0 Å². The molecule has 0 aliphatic carbocycles. The van der Waals surface area contributed by atoms with Crippen LogP contribution >= 0.6 is 0 Å². The lowest BCUT2D eigenvalue weighted by molar-refractivity contribution is -0.146. The topological polar surface area (TPSA) is 49.8 Å². The van der Waals surface area contributed by atoms with Gasteiger partial charge in [0.15, 0.2) is 0 Å². The normalized spacial score (nSPS) is 23.4. The maximum atomic E-state index is 13.5. The molecule has 1 aromatic carbocycles. The minimum Gasteiger partial charge on any atom is -0.394 e. The van der Waals surface area contributed by atoms with E-state index >= 15 is 0 Å². The minimum atomic E-state index is -0.365. The summed E-state index contributed by atoms with van der Waals surface area (Å²) in [5, 5.41) is 9.12. The first kappa shape index (κ1) is 14.0. The Hall–Kier alpha value is -1.46. The molecule has 5 heteroatoms. The number of nitrogens with zero attached hydrogens (tertiary/aromatic N) is 1. The first-order valence-electron chi connectivity index (χ1n) is 6.37. The third-order valence-electron chi connectivity index (χ3n) is 3.18. The number of morpholine rings is 1. The largest absolute Gasteiger partial charge is 0.394 e. The Morgan fingerprint density at radius 3 is 2.89 bits per heavy atom. The van der Waals surface area contributed by atoms with E-state index in [4.69, 9.17) is 9.84 Å². The average Bonchev–Trinajstić information content (AvgIpc) is 2.40. The molecule has 0 saturated carbocycles. The molecule has 4 nitrogen and oxygen atoms in total. The Morgan fingerprint density at radius 1 is 1.47 bits per heavy atom. The summed E-state index contributed by atoms with van der Waals surface area (Å²) in [5.41, 5.74) is 0.396. The zero-order valence-corrected chi connectivity index (χ0v) is 10.9. The van der Waals surface area contributed by atoms with Crippen LogP contribution in [0.2, 0.25) is 0 Å². The van der Waals surface area contributed by atoms with Gasteiger partial charge < -0.3 is 14.7 Å². The second-order valence-corrected chi connectivity index (χ2v) is 4.82. The molecule has 1 N–H and O–H groups in total. The molecule has 2 unspecified atom stereocenters. The highest BCUT2D eigenvalue weighted by molar-refractivity contribution is 5.79. The molecule has 2 rings (SSSR count).